The van der Waals surface area contributed by atoms with Crippen molar-refractivity contribution in [3.63, 3.8) is 0 Å². The molecular formula is C25H28F2N6O2. The fourth-order valence-electron chi connectivity index (χ4n) is 5.34. The molecule has 5 rings (SSSR count). The Hall–Kier alpha value is -3.40. The van der Waals surface area contributed by atoms with E-state index in [0.29, 0.717) is 23.4 Å². The largest absolute Gasteiger partial charge is 0.507 e. The van der Waals surface area contributed by atoms with Crippen LogP contribution in [-0.4, -0.2) is 55.7 Å². The lowest BCUT2D eigenvalue weighted by atomic mass is 9.73. The van der Waals surface area contributed by atoms with Crippen LogP contribution in [0.15, 0.2) is 41.5 Å². The van der Waals surface area contributed by atoms with E-state index in [4.69, 9.17) is 0 Å². The summed E-state index contributed by atoms with van der Waals surface area (Å²) >= 11 is 0. The van der Waals surface area contributed by atoms with Gasteiger partial charge in [-0.2, -0.15) is 0 Å². The number of piperidine rings is 2. The number of aromatic nitrogens is 4. The summed E-state index contributed by atoms with van der Waals surface area (Å²) in [5, 5.41) is 22.4. The molecule has 35 heavy (non-hydrogen) atoms. The van der Waals surface area contributed by atoms with Crippen molar-refractivity contribution in [3.8, 4) is 28.3 Å². The minimum atomic E-state index is -1.06. The monoisotopic (exact) mass is 482 g/mol. The number of nitrogens with zero attached hydrogens (tertiary/aromatic N) is 5. The Labute approximate surface area is 201 Å². The summed E-state index contributed by atoms with van der Waals surface area (Å²) in [4.78, 5) is 18.1. The second kappa shape index (κ2) is 8.67. The van der Waals surface area contributed by atoms with Crippen LogP contribution in [0.3, 0.4) is 0 Å². The Kier molecular flexibility index (Phi) is 5.79. The molecule has 4 heterocycles. The summed E-state index contributed by atoms with van der Waals surface area (Å²) in [6, 6.07) is 5.61. The molecule has 10 heteroatoms. The number of nitrogens with one attached hydrogen (secondary N) is 1. The number of aryl methyl sites for hydroxylation is 1. The summed E-state index contributed by atoms with van der Waals surface area (Å²) in [5.74, 6) is -0.120. The molecule has 0 unspecified atom stereocenters. The number of phenolic OH excluding ortho intramolecular Hbond substituents is 1. The number of hydrogen-bond acceptors (Lipinski definition) is 7. The summed E-state index contributed by atoms with van der Waals surface area (Å²) in [5.41, 5.74) is -0.153. The lowest BCUT2D eigenvalue weighted by Crippen LogP contribution is -2.68. The molecule has 0 spiro atoms. The lowest BCUT2D eigenvalue weighted by Gasteiger charge is -2.52. The van der Waals surface area contributed by atoms with Crippen molar-refractivity contribution in [2.45, 2.75) is 56.4 Å². The maximum absolute atomic E-state index is 15.4. The lowest BCUT2D eigenvalue weighted by molar-refractivity contribution is 0.0405. The number of pyridine rings is 1. The van der Waals surface area contributed by atoms with Crippen molar-refractivity contribution in [3.05, 3.63) is 52.8 Å². The van der Waals surface area contributed by atoms with Crippen molar-refractivity contribution in [2.75, 3.05) is 11.9 Å². The molecular weight excluding hydrogens is 454 g/mol. The molecule has 0 amide bonds. The molecule has 184 valence electrons. The van der Waals surface area contributed by atoms with Crippen LogP contribution in [0.2, 0.25) is 0 Å². The summed E-state index contributed by atoms with van der Waals surface area (Å²) < 4.78 is 30.9. The zero-order valence-corrected chi connectivity index (χ0v) is 19.9. The van der Waals surface area contributed by atoms with Crippen molar-refractivity contribution in [1.29, 1.82) is 0 Å². The van der Waals surface area contributed by atoms with E-state index in [1.54, 1.807) is 24.1 Å². The predicted molar refractivity (Wildman–Crippen MR) is 128 cm³/mol. The maximum Gasteiger partial charge on any atom is 0.251 e. The molecule has 2 fully saturated rings. The third-order valence-electron chi connectivity index (χ3n) is 7.39. The molecule has 0 radical (unpaired) electrons. The van der Waals surface area contributed by atoms with Crippen LogP contribution in [-0.2, 0) is 7.05 Å². The topological polar surface area (TPSA) is 96.2 Å². The van der Waals surface area contributed by atoms with Gasteiger partial charge < -0.3 is 19.9 Å². The Bertz CT molecular complexity index is 1310. The molecule has 1 aromatic carbocycles. The molecule has 3 aromatic rings. The van der Waals surface area contributed by atoms with E-state index in [1.807, 2.05) is 6.92 Å². The average Bonchev–Trinajstić information content (AvgIpc) is 2.83. The highest BCUT2D eigenvalue weighted by molar-refractivity contribution is 5.73. The van der Waals surface area contributed by atoms with Crippen LogP contribution >= 0.6 is 0 Å². The SMILES string of the molecule is CN(c1cnc(-c2ccc(-c3cc(=O)n(C)cc3F)cc2O)nn1)[C@H]1C[C@H]2CCC[C@@](C)(N2)[C@H]1F. The fraction of sp³-hybridized carbons (Fsp3) is 0.440. The number of hydrogen-bond donors (Lipinski definition) is 2. The zero-order chi connectivity index (χ0) is 24.9. The molecule has 2 N–H and O–H groups in total. The van der Waals surface area contributed by atoms with Crippen molar-refractivity contribution >= 4 is 5.82 Å². The second-order valence-corrected chi connectivity index (χ2v) is 9.82. The van der Waals surface area contributed by atoms with Crippen molar-refractivity contribution in [2.24, 2.45) is 7.05 Å². The zero-order valence-electron chi connectivity index (χ0n) is 19.9. The molecule has 2 aromatic heterocycles. The first kappa shape index (κ1) is 23.3. The molecule has 2 saturated heterocycles. The van der Waals surface area contributed by atoms with E-state index in [2.05, 4.69) is 20.5 Å². The van der Waals surface area contributed by atoms with E-state index in [-0.39, 0.29) is 34.8 Å². The van der Waals surface area contributed by atoms with Crippen LogP contribution in [0.25, 0.3) is 22.5 Å². The summed E-state index contributed by atoms with van der Waals surface area (Å²) in [6.07, 6.45) is 5.10. The summed E-state index contributed by atoms with van der Waals surface area (Å²) in [7, 11) is 3.27. The van der Waals surface area contributed by atoms with Crippen LogP contribution in [0.4, 0.5) is 14.6 Å². The molecule has 0 aliphatic carbocycles. The van der Waals surface area contributed by atoms with E-state index >= 15 is 4.39 Å². The first-order chi connectivity index (χ1) is 16.7. The van der Waals surface area contributed by atoms with Gasteiger partial charge in [0.15, 0.2) is 11.6 Å². The molecule has 0 saturated carbocycles. The van der Waals surface area contributed by atoms with Gasteiger partial charge in [-0.3, -0.25) is 4.79 Å². The van der Waals surface area contributed by atoms with Gasteiger partial charge in [-0.05, 0) is 50.3 Å². The number of anilines is 1. The van der Waals surface area contributed by atoms with E-state index in [9.17, 15) is 14.3 Å². The highest BCUT2D eigenvalue weighted by atomic mass is 19.1. The van der Waals surface area contributed by atoms with Gasteiger partial charge in [-0.25, -0.2) is 13.8 Å². The smallest absolute Gasteiger partial charge is 0.251 e. The van der Waals surface area contributed by atoms with Gasteiger partial charge in [0.1, 0.15) is 17.7 Å². The van der Waals surface area contributed by atoms with Crippen molar-refractivity contribution in [1.82, 2.24) is 25.1 Å². The van der Waals surface area contributed by atoms with Gasteiger partial charge in [0.05, 0.1) is 17.8 Å². The van der Waals surface area contributed by atoms with E-state index in [0.717, 1.165) is 30.0 Å². The first-order valence-corrected chi connectivity index (χ1v) is 11.7. The standard InChI is InChI=1S/C25H28F2N6O2/c1-25-8-4-5-15(29-25)10-19(23(25)27)33(3)21-12-28-24(31-30-21)16-7-6-14(9-20(16)34)17-11-22(35)32(2)13-18(17)26/h6-7,9,11-13,15,19,23,29,34H,4-5,8,10H2,1-3H3/t15-,19+,23+,25-/m1/s1. The van der Waals surface area contributed by atoms with Crippen LogP contribution < -0.4 is 15.8 Å². The highest BCUT2D eigenvalue weighted by Gasteiger charge is 2.49. The van der Waals surface area contributed by atoms with Crippen LogP contribution in [0, 0.1) is 5.82 Å². The van der Waals surface area contributed by atoms with Gasteiger partial charge in [-0.15, -0.1) is 10.2 Å². The molecule has 4 atom stereocenters. The minimum absolute atomic E-state index is 0.0900. The van der Waals surface area contributed by atoms with Gasteiger partial charge in [0, 0.05) is 43.5 Å². The number of benzene rings is 1. The normalized spacial score (nSPS) is 25.9. The number of halogens is 2. The number of phenols is 1. The number of aromatic hydroxyl groups is 1. The fourth-order valence-corrected chi connectivity index (χ4v) is 5.34. The van der Waals surface area contributed by atoms with Gasteiger partial charge >= 0.3 is 0 Å². The maximum atomic E-state index is 15.4. The summed E-state index contributed by atoms with van der Waals surface area (Å²) in [6.45, 7) is 1.95. The Morgan fingerprint density at radius 2 is 2.06 bits per heavy atom. The van der Waals surface area contributed by atoms with Crippen molar-refractivity contribution < 1.29 is 13.9 Å². The Balaban J connectivity index is 1.38. The van der Waals surface area contributed by atoms with Gasteiger partial charge in [0.25, 0.3) is 5.56 Å². The quantitative estimate of drug-likeness (QED) is 0.590. The predicted octanol–water partition coefficient (Wildman–Crippen LogP) is 3.20. The van der Waals surface area contributed by atoms with Crippen LogP contribution in [0.5, 0.6) is 5.75 Å². The number of rotatable bonds is 4. The average molecular weight is 483 g/mol. The minimum Gasteiger partial charge on any atom is -0.507 e. The Morgan fingerprint density at radius 3 is 2.77 bits per heavy atom. The molecule has 8 nitrogen and oxygen atoms in total. The molecule has 2 bridgehead atoms. The molecule has 2 aliphatic rings. The first-order valence-electron chi connectivity index (χ1n) is 11.7. The highest BCUT2D eigenvalue weighted by Crippen LogP contribution is 2.38. The number of fused-ring (bicyclic) bond motifs is 2. The third kappa shape index (κ3) is 4.16. The van der Waals surface area contributed by atoms with E-state index < -0.39 is 17.5 Å². The van der Waals surface area contributed by atoms with Gasteiger partial charge in [0.2, 0.25) is 0 Å². The third-order valence-corrected chi connectivity index (χ3v) is 7.39. The Morgan fingerprint density at radius 1 is 1.26 bits per heavy atom. The van der Waals surface area contributed by atoms with E-state index in [1.165, 1.54) is 25.4 Å². The number of alkyl halides is 1. The second-order valence-electron chi connectivity index (χ2n) is 9.82. The van der Waals surface area contributed by atoms with Gasteiger partial charge in [-0.1, -0.05) is 6.07 Å². The molecule has 2 aliphatic heterocycles. The van der Waals surface area contributed by atoms with Crippen LogP contribution in [0.1, 0.15) is 32.6 Å².